The van der Waals surface area contributed by atoms with Crippen molar-refractivity contribution >= 4 is 17.7 Å². The van der Waals surface area contributed by atoms with Crippen LogP contribution in [-0.2, 0) is 19.1 Å². The third kappa shape index (κ3) is 7.95. The van der Waals surface area contributed by atoms with Gasteiger partial charge in [-0.15, -0.1) is 0 Å². The van der Waals surface area contributed by atoms with Gasteiger partial charge < -0.3 is 19.9 Å². The first-order valence-corrected chi connectivity index (χ1v) is 11.2. The summed E-state index contributed by atoms with van der Waals surface area (Å²) >= 11 is 0. The molecule has 0 saturated heterocycles. The number of carbonyl (C=O) groups excluding carboxylic acids is 3. The van der Waals surface area contributed by atoms with Crippen molar-refractivity contribution in [3.8, 4) is 11.5 Å². The quantitative estimate of drug-likeness (QED) is 0.213. The van der Waals surface area contributed by atoms with E-state index >= 15 is 0 Å². The second-order valence-corrected chi connectivity index (χ2v) is 8.97. The zero-order valence-corrected chi connectivity index (χ0v) is 20.1. The molecule has 2 N–H and O–H groups in total. The number of unbranched alkanes of at least 4 members (excludes halogenated alkanes) is 1. The lowest BCUT2D eigenvalue weighted by molar-refractivity contribution is -0.172. The van der Waals surface area contributed by atoms with Gasteiger partial charge in [-0.05, 0) is 82.1 Å². The fraction of sp³-hybridized carbons (Fsp3) is 0.423. The second kappa shape index (κ2) is 11.7. The summed E-state index contributed by atoms with van der Waals surface area (Å²) in [5.74, 6) is -1.61. The average Bonchev–Trinajstić information content (AvgIpc) is 2.78. The number of hydrogen-bond donors (Lipinski definition) is 1. The Bertz CT molecular complexity index is 982. The van der Waals surface area contributed by atoms with Crippen LogP contribution in [0.2, 0.25) is 0 Å². The van der Waals surface area contributed by atoms with Crippen molar-refractivity contribution in [2.45, 2.75) is 64.5 Å². The summed E-state index contributed by atoms with van der Waals surface area (Å²) in [7, 11) is 0. The van der Waals surface area contributed by atoms with Crippen LogP contribution in [0.5, 0.6) is 11.5 Å². The summed E-state index contributed by atoms with van der Waals surface area (Å²) in [6, 6.07) is 11.9. The highest BCUT2D eigenvalue weighted by atomic mass is 19.1. The molecule has 0 saturated carbocycles. The van der Waals surface area contributed by atoms with Crippen molar-refractivity contribution in [2.75, 3.05) is 6.61 Å². The molecule has 34 heavy (non-hydrogen) atoms. The Kier molecular flexibility index (Phi) is 9.32. The summed E-state index contributed by atoms with van der Waals surface area (Å²) < 4.78 is 29.2. The Morgan fingerprint density at radius 1 is 0.912 bits per heavy atom. The molecular weight excluding hydrogens is 441 g/mol. The number of nitrogens with two attached hydrogens (primary N) is 1. The van der Waals surface area contributed by atoms with E-state index in [9.17, 15) is 18.8 Å². The molecule has 0 fully saturated rings. The van der Waals surface area contributed by atoms with E-state index in [-0.39, 0.29) is 31.0 Å². The number of rotatable bonds is 11. The summed E-state index contributed by atoms with van der Waals surface area (Å²) in [5, 5.41) is 0. The van der Waals surface area contributed by atoms with E-state index in [1.54, 1.807) is 45.0 Å². The lowest BCUT2D eigenvalue weighted by Crippen LogP contribution is -2.58. The van der Waals surface area contributed by atoms with Crippen LogP contribution in [0.15, 0.2) is 48.5 Å². The molecule has 0 aliphatic carbocycles. The van der Waals surface area contributed by atoms with Crippen molar-refractivity contribution in [1.29, 1.82) is 0 Å². The number of Topliss-reactive ketones (excluding diaryl/α,β-unsaturated/α-hetero) is 1. The van der Waals surface area contributed by atoms with Crippen LogP contribution in [0.3, 0.4) is 0 Å². The van der Waals surface area contributed by atoms with Gasteiger partial charge in [0.25, 0.3) is 0 Å². The zero-order valence-electron chi connectivity index (χ0n) is 20.1. The monoisotopic (exact) mass is 473 g/mol. The minimum atomic E-state index is -2.09. The fourth-order valence-electron chi connectivity index (χ4n) is 2.90. The predicted molar refractivity (Wildman–Crippen MR) is 125 cm³/mol. The summed E-state index contributed by atoms with van der Waals surface area (Å²) in [6.45, 7) is 7.05. The molecule has 8 heteroatoms. The Morgan fingerprint density at radius 3 is 2.00 bits per heavy atom. The van der Waals surface area contributed by atoms with Gasteiger partial charge in [0.1, 0.15) is 22.9 Å². The van der Waals surface area contributed by atoms with Gasteiger partial charge in [0.05, 0.1) is 6.61 Å². The van der Waals surface area contributed by atoms with Crippen molar-refractivity contribution in [3.05, 3.63) is 59.9 Å². The first-order chi connectivity index (χ1) is 15.9. The van der Waals surface area contributed by atoms with Crippen LogP contribution in [0.1, 0.15) is 63.7 Å². The lowest BCUT2D eigenvalue weighted by atomic mass is 9.91. The molecule has 7 nitrogen and oxygen atoms in total. The number of esters is 2. The van der Waals surface area contributed by atoms with E-state index in [2.05, 4.69) is 0 Å². The molecule has 2 rings (SSSR count). The minimum absolute atomic E-state index is 0.126. The van der Waals surface area contributed by atoms with Gasteiger partial charge in [-0.25, -0.2) is 14.0 Å². The van der Waals surface area contributed by atoms with Crippen LogP contribution >= 0.6 is 0 Å². The summed E-state index contributed by atoms with van der Waals surface area (Å²) in [4.78, 5) is 38.1. The molecule has 1 atom stereocenters. The number of ether oxygens (including phenoxy) is 3. The third-order valence-electron chi connectivity index (χ3n) is 4.83. The van der Waals surface area contributed by atoms with Crippen LogP contribution in [-0.4, -0.2) is 35.5 Å². The molecule has 2 aromatic rings. The number of benzene rings is 2. The Morgan fingerprint density at radius 2 is 1.47 bits per heavy atom. The smallest absolute Gasteiger partial charge is 0.338 e. The number of halogens is 1. The van der Waals surface area contributed by atoms with Crippen molar-refractivity contribution in [1.82, 2.24) is 0 Å². The molecule has 0 heterocycles. The van der Waals surface area contributed by atoms with E-state index in [1.807, 2.05) is 6.92 Å². The maximum absolute atomic E-state index is 13.0. The van der Waals surface area contributed by atoms with Gasteiger partial charge in [-0.3, -0.25) is 4.79 Å². The molecule has 0 aliphatic heterocycles. The average molecular weight is 474 g/mol. The third-order valence-corrected chi connectivity index (χ3v) is 4.83. The minimum Gasteiger partial charge on any atom is -0.464 e. The molecular formula is C26H32FNO6. The first kappa shape index (κ1) is 27.0. The Labute approximate surface area is 199 Å². The van der Waals surface area contributed by atoms with Crippen LogP contribution < -0.4 is 10.5 Å². The maximum Gasteiger partial charge on any atom is 0.338 e. The topological polar surface area (TPSA) is 105 Å². The van der Waals surface area contributed by atoms with Crippen molar-refractivity contribution in [2.24, 2.45) is 5.73 Å². The van der Waals surface area contributed by atoms with Gasteiger partial charge in [0.15, 0.2) is 5.78 Å². The highest BCUT2D eigenvalue weighted by Gasteiger charge is 2.46. The highest BCUT2D eigenvalue weighted by Crippen LogP contribution is 2.24. The largest absolute Gasteiger partial charge is 0.464 e. The molecule has 0 aromatic heterocycles. The number of hydrogen-bond acceptors (Lipinski definition) is 7. The van der Waals surface area contributed by atoms with E-state index in [4.69, 9.17) is 19.9 Å². The molecule has 1 unspecified atom stereocenters. The van der Waals surface area contributed by atoms with E-state index in [0.29, 0.717) is 23.5 Å². The normalized spacial score (nSPS) is 13.0. The zero-order chi connectivity index (χ0) is 25.4. The fourth-order valence-corrected chi connectivity index (χ4v) is 2.90. The molecule has 0 aliphatic rings. The van der Waals surface area contributed by atoms with Crippen LogP contribution in [0.4, 0.5) is 4.39 Å². The molecule has 0 amide bonds. The van der Waals surface area contributed by atoms with Gasteiger partial charge in [-0.2, -0.15) is 0 Å². The van der Waals surface area contributed by atoms with E-state index in [0.717, 1.165) is 6.42 Å². The van der Waals surface area contributed by atoms with Gasteiger partial charge in [0.2, 0.25) is 5.54 Å². The van der Waals surface area contributed by atoms with Gasteiger partial charge in [-0.1, -0.05) is 13.3 Å². The molecule has 0 bridgehead atoms. The van der Waals surface area contributed by atoms with Gasteiger partial charge in [0, 0.05) is 12.0 Å². The first-order valence-electron chi connectivity index (χ1n) is 11.2. The number of carbonyl (C=O) groups is 3. The second-order valence-electron chi connectivity index (χ2n) is 8.97. The highest BCUT2D eigenvalue weighted by molar-refractivity contribution is 6.06. The van der Waals surface area contributed by atoms with E-state index in [1.165, 1.54) is 24.3 Å². The predicted octanol–water partition coefficient (Wildman–Crippen LogP) is 4.96. The maximum atomic E-state index is 13.0. The molecule has 0 radical (unpaired) electrons. The van der Waals surface area contributed by atoms with Crippen LogP contribution in [0, 0.1) is 5.82 Å². The molecule has 0 spiro atoms. The summed E-state index contributed by atoms with van der Waals surface area (Å²) in [5.41, 5.74) is 3.57. The number of ketones is 1. The lowest BCUT2D eigenvalue weighted by Gasteiger charge is -2.29. The molecule has 2 aromatic carbocycles. The van der Waals surface area contributed by atoms with E-state index < -0.39 is 23.1 Å². The van der Waals surface area contributed by atoms with Crippen LogP contribution in [0.25, 0.3) is 0 Å². The Balaban J connectivity index is 2.07. The van der Waals surface area contributed by atoms with Crippen molar-refractivity contribution in [3.63, 3.8) is 0 Å². The standard InChI is InChI=1S/C26H32FNO6/c1-5-6-17-32-23(30)26(28,24(31)34-25(2,3)4)16-15-22(29)18-7-11-20(12-8-18)33-21-13-9-19(27)10-14-21/h7-14H,5-6,15-17,28H2,1-4H3. The summed E-state index contributed by atoms with van der Waals surface area (Å²) in [6.07, 6.45) is 0.994. The van der Waals surface area contributed by atoms with Crippen molar-refractivity contribution < 1.29 is 33.0 Å². The SMILES string of the molecule is CCCCOC(=O)C(N)(CCC(=O)c1ccc(Oc2ccc(F)cc2)cc1)C(=O)OC(C)(C)C. The Hall–Kier alpha value is -3.26. The van der Waals surface area contributed by atoms with Gasteiger partial charge >= 0.3 is 11.9 Å². The molecule has 184 valence electrons.